The van der Waals surface area contributed by atoms with E-state index in [9.17, 15) is 14.4 Å². The molecule has 2 aromatic rings. The van der Waals surface area contributed by atoms with E-state index in [4.69, 9.17) is 0 Å². The number of imidazole rings is 1. The number of rotatable bonds is 8. The summed E-state index contributed by atoms with van der Waals surface area (Å²) in [7, 11) is 0. The average molecular weight is 525 g/mol. The molecular weight excluding hydrogens is 484 g/mol. The third kappa shape index (κ3) is 5.84. The molecule has 7 nitrogen and oxygen atoms in total. The van der Waals surface area contributed by atoms with Gasteiger partial charge in [-0.1, -0.05) is 57.0 Å². The number of carbonyl (C=O) groups excluding carboxylic acids is 2. The predicted octanol–water partition coefficient (Wildman–Crippen LogP) is 4.90. The van der Waals surface area contributed by atoms with Gasteiger partial charge in [0.1, 0.15) is 0 Å². The summed E-state index contributed by atoms with van der Waals surface area (Å²) < 4.78 is 1.79. The Balaban J connectivity index is 1.18. The van der Waals surface area contributed by atoms with E-state index in [0.717, 1.165) is 37.1 Å². The van der Waals surface area contributed by atoms with Gasteiger partial charge in [0.05, 0.1) is 16.3 Å². The van der Waals surface area contributed by atoms with Gasteiger partial charge >= 0.3 is 5.69 Å². The third-order valence-electron chi connectivity index (χ3n) is 8.32. The maximum Gasteiger partial charge on any atom is 0.326 e. The van der Waals surface area contributed by atoms with Gasteiger partial charge in [-0.15, -0.1) is 11.8 Å². The number of piperidine rings is 1. The molecule has 1 saturated carbocycles. The summed E-state index contributed by atoms with van der Waals surface area (Å²) in [5.74, 6) is 1.36. The van der Waals surface area contributed by atoms with Gasteiger partial charge in [0.15, 0.2) is 0 Å². The fourth-order valence-electron chi connectivity index (χ4n) is 6.12. The van der Waals surface area contributed by atoms with Crippen molar-refractivity contribution in [2.75, 3.05) is 19.6 Å². The molecule has 3 fully saturated rings. The number of hydrogen-bond acceptors (Lipinski definition) is 4. The van der Waals surface area contributed by atoms with Crippen LogP contribution in [0.2, 0.25) is 0 Å². The Morgan fingerprint density at radius 3 is 2.43 bits per heavy atom. The molecule has 200 valence electrons. The van der Waals surface area contributed by atoms with E-state index in [2.05, 4.69) is 23.7 Å². The van der Waals surface area contributed by atoms with Crippen molar-refractivity contribution in [3.05, 3.63) is 47.0 Å². The lowest BCUT2D eigenvalue weighted by Crippen LogP contribution is -2.42. The van der Waals surface area contributed by atoms with Gasteiger partial charge in [0.25, 0.3) is 0 Å². The summed E-state index contributed by atoms with van der Waals surface area (Å²) in [6.07, 6.45) is 9.59. The summed E-state index contributed by atoms with van der Waals surface area (Å²) in [5.41, 5.74) is 1.71. The summed E-state index contributed by atoms with van der Waals surface area (Å²) in [4.78, 5) is 46.3. The van der Waals surface area contributed by atoms with Crippen LogP contribution in [0.4, 0.5) is 0 Å². The quantitative estimate of drug-likeness (QED) is 0.533. The highest BCUT2D eigenvalue weighted by Gasteiger charge is 2.45. The zero-order valence-corrected chi connectivity index (χ0v) is 22.9. The zero-order chi connectivity index (χ0) is 25.9. The van der Waals surface area contributed by atoms with Crippen LogP contribution in [0, 0.1) is 11.8 Å². The molecular formula is C29H40N4O3S. The number of amides is 2. The van der Waals surface area contributed by atoms with Gasteiger partial charge in [-0.3, -0.25) is 14.2 Å². The number of nitrogens with one attached hydrogen (secondary N) is 1. The normalized spacial score (nSPS) is 23.5. The lowest BCUT2D eigenvalue weighted by Gasteiger charge is -2.32. The Hall–Kier alpha value is -2.48. The van der Waals surface area contributed by atoms with E-state index in [1.165, 1.54) is 25.7 Å². The van der Waals surface area contributed by atoms with Crippen LogP contribution < -0.4 is 5.69 Å². The van der Waals surface area contributed by atoms with E-state index in [1.54, 1.807) is 16.3 Å². The number of likely N-dealkylation sites (tertiary alicyclic amines) is 1. The van der Waals surface area contributed by atoms with Crippen LogP contribution in [-0.4, -0.2) is 61.4 Å². The molecule has 0 radical (unpaired) electrons. The molecule has 2 amide bonds. The summed E-state index contributed by atoms with van der Waals surface area (Å²) >= 11 is 1.75. The Bertz CT molecular complexity index is 1130. The highest BCUT2D eigenvalue weighted by atomic mass is 32.2. The van der Waals surface area contributed by atoms with Crippen molar-refractivity contribution in [1.82, 2.24) is 19.4 Å². The van der Waals surface area contributed by atoms with Crippen molar-refractivity contribution in [1.29, 1.82) is 0 Å². The molecule has 1 N–H and O–H groups in total. The first-order chi connectivity index (χ1) is 17.9. The number of carbonyl (C=O) groups is 2. The number of nitrogens with zero attached hydrogens (tertiary/aromatic N) is 3. The van der Waals surface area contributed by atoms with Crippen LogP contribution in [0.25, 0.3) is 11.3 Å². The highest BCUT2D eigenvalue weighted by Crippen LogP contribution is 2.44. The second kappa shape index (κ2) is 11.5. The van der Waals surface area contributed by atoms with Crippen LogP contribution in [0.1, 0.15) is 71.3 Å². The van der Waals surface area contributed by atoms with Gasteiger partial charge in [0, 0.05) is 38.3 Å². The fourth-order valence-corrected chi connectivity index (χ4v) is 7.79. The number of H-pyrrole nitrogens is 1. The largest absolute Gasteiger partial charge is 0.342 e. The molecule has 2 aliphatic heterocycles. The molecule has 2 atom stereocenters. The van der Waals surface area contributed by atoms with Gasteiger partial charge in [-0.05, 0) is 49.5 Å². The molecule has 3 heterocycles. The van der Waals surface area contributed by atoms with Crippen LogP contribution in [-0.2, 0) is 9.59 Å². The number of aromatic nitrogens is 2. The Morgan fingerprint density at radius 2 is 1.76 bits per heavy atom. The Labute approximate surface area is 224 Å². The number of hydrogen-bond donors (Lipinski definition) is 1. The maximum absolute atomic E-state index is 13.4. The van der Waals surface area contributed by atoms with Gasteiger partial charge < -0.3 is 14.8 Å². The van der Waals surface area contributed by atoms with Crippen LogP contribution in [0.15, 0.2) is 41.3 Å². The molecule has 8 heteroatoms. The fraction of sp³-hybridized carbons (Fsp3) is 0.621. The van der Waals surface area contributed by atoms with Crippen molar-refractivity contribution in [3.8, 4) is 11.3 Å². The lowest BCUT2D eigenvalue weighted by atomic mass is 10.0. The van der Waals surface area contributed by atoms with Crippen molar-refractivity contribution >= 4 is 23.6 Å². The molecule has 1 aromatic carbocycles. The van der Waals surface area contributed by atoms with E-state index < -0.39 is 0 Å². The molecule has 1 aromatic heterocycles. The van der Waals surface area contributed by atoms with E-state index in [-0.39, 0.29) is 40.6 Å². The Morgan fingerprint density at radius 1 is 1.05 bits per heavy atom. The molecule has 1 aliphatic carbocycles. The van der Waals surface area contributed by atoms with Gasteiger partial charge in [-0.2, -0.15) is 0 Å². The Kier molecular flexibility index (Phi) is 8.12. The second-order valence-corrected chi connectivity index (χ2v) is 12.7. The van der Waals surface area contributed by atoms with Crippen molar-refractivity contribution in [3.63, 3.8) is 0 Å². The number of thioether (sulfide) groups is 1. The molecule has 37 heavy (non-hydrogen) atoms. The minimum absolute atomic E-state index is 0.0750. The topological polar surface area (TPSA) is 78.4 Å². The van der Waals surface area contributed by atoms with Crippen LogP contribution >= 0.6 is 11.8 Å². The minimum Gasteiger partial charge on any atom is -0.342 e. The third-order valence-corrected chi connectivity index (χ3v) is 9.93. The standard InChI is InChI=1S/C29H40N4O3S/c1-20(2)12-17-32-27(35)25(37-28(32)22-10-6-7-11-22)18-26(34)31-15-13-23(14-16-31)33-19-24(30-29(33)36)21-8-4-3-5-9-21/h3-5,8-9,19-20,22-23,25,28H,6-7,10-18H2,1-2H3,(H,30,36). The molecule has 3 aliphatic rings. The molecule has 0 spiro atoms. The van der Waals surface area contributed by atoms with Crippen LogP contribution in [0.3, 0.4) is 0 Å². The first kappa shape index (κ1) is 26.1. The SMILES string of the molecule is CC(C)CCN1C(=O)C(CC(=O)N2CCC(n3cc(-c4ccccc4)[nH]c3=O)CC2)SC1C1CCCC1. The first-order valence-corrected chi connectivity index (χ1v) is 14.9. The predicted molar refractivity (Wildman–Crippen MR) is 148 cm³/mol. The average Bonchev–Trinajstić information content (AvgIpc) is 3.64. The molecule has 2 unspecified atom stereocenters. The summed E-state index contributed by atoms with van der Waals surface area (Å²) in [5, 5.41) is -0.0275. The number of aromatic amines is 1. The molecule has 5 rings (SSSR count). The van der Waals surface area contributed by atoms with Gasteiger partial charge in [0.2, 0.25) is 11.8 Å². The van der Waals surface area contributed by atoms with Crippen LogP contribution in [0.5, 0.6) is 0 Å². The minimum atomic E-state index is -0.260. The highest BCUT2D eigenvalue weighted by molar-refractivity contribution is 8.01. The van der Waals surface area contributed by atoms with Gasteiger partial charge in [-0.25, -0.2) is 4.79 Å². The molecule has 2 saturated heterocycles. The summed E-state index contributed by atoms with van der Waals surface area (Å²) in [6, 6.07) is 9.93. The van der Waals surface area contributed by atoms with E-state index in [1.807, 2.05) is 41.4 Å². The zero-order valence-electron chi connectivity index (χ0n) is 22.1. The lowest BCUT2D eigenvalue weighted by molar-refractivity contribution is -0.137. The monoisotopic (exact) mass is 524 g/mol. The summed E-state index contributed by atoms with van der Waals surface area (Å²) in [6.45, 7) is 6.45. The smallest absolute Gasteiger partial charge is 0.326 e. The maximum atomic E-state index is 13.4. The first-order valence-electron chi connectivity index (χ1n) is 14.0. The van der Waals surface area contributed by atoms with Crippen molar-refractivity contribution in [2.45, 2.75) is 81.9 Å². The second-order valence-electron chi connectivity index (χ2n) is 11.3. The van der Waals surface area contributed by atoms with Crippen molar-refractivity contribution < 1.29 is 9.59 Å². The van der Waals surface area contributed by atoms with E-state index in [0.29, 0.717) is 24.9 Å². The number of benzene rings is 1. The molecule has 0 bridgehead atoms. The van der Waals surface area contributed by atoms with E-state index >= 15 is 0 Å². The van der Waals surface area contributed by atoms with Crippen molar-refractivity contribution in [2.24, 2.45) is 11.8 Å².